The summed E-state index contributed by atoms with van der Waals surface area (Å²) in [5.74, 6) is 1.01. The maximum Gasteiger partial charge on any atom is 0.337 e. The molecular weight excluding hydrogens is 567 g/mol. The van der Waals surface area contributed by atoms with Crippen LogP contribution in [0.2, 0.25) is 10.0 Å². The predicted molar refractivity (Wildman–Crippen MR) is 163 cm³/mol. The van der Waals surface area contributed by atoms with Gasteiger partial charge in [-0.1, -0.05) is 52.7 Å². The first-order valence-electron chi connectivity index (χ1n) is 13.8. The summed E-state index contributed by atoms with van der Waals surface area (Å²) in [7, 11) is 1.39. The van der Waals surface area contributed by atoms with Gasteiger partial charge in [0.1, 0.15) is 11.5 Å². The number of esters is 1. The first-order valence-corrected chi connectivity index (χ1v) is 15.3. The molecule has 0 radical (unpaired) electrons. The Hall–Kier alpha value is -2.65. The number of methoxy groups -OCH3 is 1. The SMILES string of the molecule is CCC(CC(C)N(CC)c1nc2ccc(C(=O)OC)cc2s1)NCc1c(-c2c(Cl)cccc2Cl)noc1C1CC1. The highest BCUT2D eigenvalue weighted by molar-refractivity contribution is 7.22. The molecule has 212 valence electrons. The molecule has 2 aromatic heterocycles. The summed E-state index contributed by atoms with van der Waals surface area (Å²) in [6.07, 6.45) is 4.12. The molecule has 2 unspecified atom stereocenters. The van der Waals surface area contributed by atoms with E-state index in [1.807, 2.05) is 30.3 Å². The summed E-state index contributed by atoms with van der Waals surface area (Å²) < 4.78 is 11.7. The Morgan fingerprint density at radius 1 is 1.23 bits per heavy atom. The zero-order valence-electron chi connectivity index (χ0n) is 23.2. The van der Waals surface area contributed by atoms with Crippen molar-refractivity contribution in [1.29, 1.82) is 0 Å². The van der Waals surface area contributed by atoms with Gasteiger partial charge in [0, 0.05) is 42.2 Å². The van der Waals surface area contributed by atoms with Crippen LogP contribution in [0.1, 0.15) is 74.1 Å². The van der Waals surface area contributed by atoms with Crippen LogP contribution in [-0.4, -0.2) is 41.8 Å². The van der Waals surface area contributed by atoms with Gasteiger partial charge in [0.15, 0.2) is 5.13 Å². The standard InChI is InChI=1S/C30H34Cl2N4O3S/c1-5-20(14-17(3)36(6-2)30-34-24-13-12-19(29(37)38-4)15-25(24)40-30)33-16-21-27(35-39-28(21)18-10-11-18)26-22(31)8-7-9-23(26)32/h7-9,12-13,15,17-18,20,33H,5-6,10-11,14,16H2,1-4H3. The topological polar surface area (TPSA) is 80.5 Å². The Kier molecular flexibility index (Phi) is 9.00. The molecule has 2 atom stereocenters. The second kappa shape index (κ2) is 12.5. The predicted octanol–water partition coefficient (Wildman–Crippen LogP) is 8.10. The van der Waals surface area contributed by atoms with E-state index in [-0.39, 0.29) is 18.1 Å². The summed E-state index contributed by atoms with van der Waals surface area (Å²) >= 11 is 14.7. The number of ether oxygens (including phenoxy) is 1. The number of anilines is 1. The maximum atomic E-state index is 12.0. The highest BCUT2D eigenvalue weighted by atomic mass is 35.5. The van der Waals surface area contributed by atoms with Crippen molar-refractivity contribution in [3.63, 3.8) is 0 Å². The molecule has 7 nitrogen and oxygen atoms in total. The number of hydrogen-bond acceptors (Lipinski definition) is 8. The number of thiazole rings is 1. The van der Waals surface area contributed by atoms with E-state index >= 15 is 0 Å². The fourth-order valence-corrected chi connectivity index (χ4v) is 6.92. The minimum atomic E-state index is -0.341. The van der Waals surface area contributed by atoms with E-state index in [4.69, 9.17) is 37.4 Å². The van der Waals surface area contributed by atoms with Gasteiger partial charge in [-0.2, -0.15) is 0 Å². The van der Waals surface area contributed by atoms with Crippen molar-refractivity contribution in [3.05, 3.63) is 63.3 Å². The van der Waals surface area contributed by atoms with Gasteiger partial charge in [-0.15, -0.1) is 0 Å². The molecule has 2 aromatic carbocycles. The molecule has 1 fully saturated rings. The Bertz CT molecular complexity index is 1480. The first kappa shape index (κ1) is 28.9. The summed E-state index contributed by atoms with van der Waals surface area (Å²) in [4.78, 5) is 19.2. The molecule has 1 saturated carbocycles. The van der Waals surface area contributed by atoms with Crippen LogP contribution in [0, 0.1) is 0 Å². The summed E-state index contributed by atoms with van der Waals surface area (Å²) in [6, 6.07) is 11.5. The number of nitrogens with one attached hydrogen (secondary N) is 1. The van der Waals surface area contributed by atoms with Crippen LogP contribution in [0.25, 0.3) is 21.5 Å². The third-order valence-corrected chi connectivity index (χ3v) is 9.25. The molecule has 0 saturated heterocycles. The van der Waals surface area contributed by atoms with E-state index in [1.165, 1.54) is 7.11 Å². The molecule has 1 N–H and O–H groups in total. The van der Waals surface area contributed by atoms with Crippen LogP contribution in [-0.2, 0) is 11.3 Å². The zero-order valence-corrected chi connectivity index (χ0v) is 25.5. The Morgan fingerprint density at radius 3 is 2.62 bits per heavy atom. The van der Waals surface area contributed by atoms with E-state index < -0.39 is 0 Å². The van der Waals surface area contributed by atoms with E-state index in [9.17, 15) is 4.79 Å². The number of aromatic nitrogens is 2. The number of benzene rings is 2. The third-order valence-electron chi connectivity index (χ3n) is 7.57. The van der Waals surface area contributed by atoms with Crippen LogP contribution >= 0.6 is 34.5 Å². The van der Waals surface area contributed by atoms with Crippen molar-refractivity contribution in [2.45, 2.75) is 71.0 Å². The van der Waals surface area contributed by atoms with E-state index in [1.54, 1.807) is 17.4 Å². The van der Waals surface area contributed by atoms with E-state index in [2.05, 4.69) is 36.1 Å². The number of halogens is 2. The number of carbonyl (C=O) groups is 1. The number of hydrogen-bond donors (Lipinski definition) is 1. The lowest BCUT2D eigenvalue weighted by atomic mass is 10.0. The molecule has 10 heteroatoms. The van der Waals surface area contributed by atoms with Gasteiger partial charge in [0.25, 0.3) is 0 Å². The van der Waals surface area contributed by atoms with Crippen LogP contribution in [0.5, 0.6) is 0 Å². The average molecular weight is 602 g/mol. The Labute approximate surface area is 248 Å². The molecule has 1 aliphatic rings. The highest BCUT2D eigenvalue weighted by Crippen LogP contribution is 2.46. The summed E-state index contributed by atoms with van der Waals surface area (Å²) in [5, 5.41) is 10.3. The van der Waals surface area contributed by atoms with Crippen molar-refractivity contribution >= 4 is 55.9 Å². The van der Waals surface area contributed by atoms with Crippen molar-refractivity contribution in [2.75, 3.05) is 18.6 Å². The van der Waals surface area contributed by atoms with Gasteiger partial charge < -0.3 is 19.5 Å². The lowest BCUT2D eigenvalue weighted by Crippen LogP contribution is -2.39. The minimum Gasteiger partial charge on any atom is -0.465 e. The third kappa shape index (κ3) is 6.00. The maximum absolute atomic E-state index is 12.0. The van der Waals surface area contributed by atoms with Crippen LogP contribution in [0.3, 0.4) is 0 Å². The molecule has 2 heterocycles. The number of rotatable bonds is 12. The van der Waals surface area contributed by atoms with Crippen molar-refractivity contribution in [2.24, 2.45) is 0 Å². The second-order valence-electron chi connectivity index (χ2n) is 10.3. The fraction of sp³-hybridized carbons (Fsp3) is 0.433. The van der Waals surface area contributed by atoms with Gasteiger partial charge in [-0.05, 0) is 69.9 Å². The van der Waals surface area contributed by atoms with E-state index in [0.29, 0.717) is 28.1 Å². The van der Waals surface area contributed by atoms with Crippen molar-refractivity contribution in [1.82, 2.24) is 15.5 Å². The van der Waals surface area contributed by atoms with E-state index in [0.717, 1.165) is 70.2 Å². The monoisotopic (exact) mass is 600 g/mol. The van der Waals surface area contributed by atoms with Gasteiger partial charge >= 0.3 is 5.97 Å². The zero-order chi connectivity index (χ0) is 28.4. The minimum absolute atomic E-state index is 0.242. The normalized spacial score (nSPS) is 14.8. The van der Waals surface area contributed by atoms with Gasteiger partial charge in [0.05, 0.1) is 32.9 Å². The lowest BCUT2D eigenvalue weighted by Gasteiger charge is -2.31. The molecule has 1 aliphatic carbocycles. The van der Waals surface area contributed by atoms with Crippen molar-refractivity contribution in [3.8, 4) is 11.3 Å². The van der Waals surface area contributed by atoms with Crippen molar-refractivity contribution < 1.29 is 14.1 Å². The van der Waals surface area contributed by atoms with Gasteiger partial charge in [-0.3, -0.25) is 0 Å². The first-order chi connectivity index (χ1) is 19.3. The second-order valence-corrected chi connectivity index (χ2v) is 12.1. The Balaban J connectivity index is 1.32. The largest absolute Gasteiger partial charge is 0.465 e. The Morgan fingerprint density at radius 2 is 1.98 bits per heavy atom. The number of fused-ring (bicyclic) bond motifs is 1. The molecule has 0 aliphatic heterocycles. The quantitative estimate of drug-likeness (QED) is 0.164. The summed E-state index contributed by atoms with van der Waals surface area (Å²) in [5.41, 5.74) is 3.91. The number of nitrogens with zero attached hydrogens (tertiary/aromatic N) is 3. The summed E-state index contributed by atoms with van der Waals surface area (Å²) in [6.45, 7) is 8.04. The average Bonchev–Trinajstić information content (AvgIpc) is 3.58. The number of carbonyl (C=O) groups excluding carboxylic acids is 1. The van der Waals surface area contributed by atoms with Crippen LogP contribution in [0.4, 0.5) is 5.13 Å². The smallest absolute Gasteiger partial charge is 0.337 e. The molecule has 5 rings (SSSR count). The van der Waals surface area contributed by atoms with Crippen LogP contribution < -0.4 is 10.2 Å². The van der Waals surface area contributed by atoms with Gasteiger partial charge in [-0.25, -0.2) is 9.78 Å². The molecule has 40 heavy (non-hydrogen) atoms. The van der Waals surface area contributed by atoms with Crippen LogP contribution in [0.15, 0.2) is 40.9 Å². The fourth-order valence-electron chi connectivity index (χ4n) is 5.17. The molecular formula is C30H34Cl2N4O3S. The molecule has 0 amide bonds. The molecule has 0 bridgehead atoms. The molecule has 4 aromatic rings. The molecule has 0 spiro atoms. The highest BCUT2D eigenvalue weighted by Gasteiger charge is 2.33. The van der Waals surface area contributed by atoms with Gasteiger partial charge in [0.2, 0.25) is 0 Å². The lowest BCUT2D eigenvalue weighted by molar-refractivity contribution is 0.0601.